The number of likely N-dealkylation sites (tertiary alicyclic amines) is 1. The highest BCUT2D eigenvalue weighted by Crippen LogP contribution is 2.23. The second kappa shape index (κ2) is 7.70. The number of nitrogens with zero attached hydrogens (tertiary/aromatic N) is 1. The first-order valence-electron chi connectivity index (χ1n) is 7.87. The summed E-state index contributed by atoms with van der Waals surface area (Å²) < 4.78 is 32.7. The lowest BCUT2D eigenvalue weighted by Crippen LogP contribution is -2.40. The molecule has 25 heavy (non-hydrogen) atoms. The zero-order valence-corrected chi connectivity index (χ0v) is 16.7. The number of halogens is 2. The Morgan fingerprint density at radius 3 is 2.68 bits per heavy atom. The second-order valence-corrected chi connectivity index (χ2v) is 9.62. The predicted molar refractivity (Wildman–Crippen MR) is 98.4 cm³/mol. The Bertz CT molecular complexity index is 747. The largest absolute Gasteiger partial charge is 0.444 e. The van der Waals surface area contributed by atoms with E-state index >= 15 is 0 Å². The van der Waals surface area contributed by atoms with Crippen LogP contribution in [0.3, 0.4) is 0 Å². The second-order valence-electron chi connectivity index (χ2n) is 7.02. The van der Waals surface area contributed by atoms with Crippen LogP contribution in [0.1, 0.15) is 32.8 Å². The van der Waals surface area contributed by atoms with Gasteiger partial charge in [0.05, 0.1) is 5.75 Å². The molecule has 1 atom stereocenters. The van der Waals surface area contributed by atoms with Crippen LogP contribution in [0, 0.1) is 0 Å². The molecule has 0 radical (unpaired) electrons. The summed E-state index contributed by atoms with van der Waals surface area (Å²) in [5.41, 5.74) is -0.151. The molecule has 1 amide bonds. The smallest absolute Gasteiger partial charge is 0.410 e. The highest BCUT2D eigenvalue weighted by molar-refractivity contribution is 7.88. The SMILES string of the molecule is CC(C)(C)OC(=O)N1CC[C@H](NS(=O)(=O)Cc2cc(Cl)ccc2Cl)C1. The van der Waals surface area contributed by atoms with E-state index in [0.29, 0.717) is 28.6 Å². The van der Waals surface area contributed by atoms with Gasteiger partial charge in [0, 0.05) is 29.2 Å². The first kappa shape index (κ1) is 20.3. The van der Waals surface area contributed by atoms with Gasteiger partial charge < -0.3 is 9.64 Å². The van der Waals surface area contributed by atoms with Gasteiger partial charge in [-0.25, -0.2) is 17.9 Å². The monoisotopic (exact) mass is 408 g/mol. The molecule has 1 saturated heterocycles. The Kier molecular flexibility index (Phi) is 6.25. The molecule has 0 spiro atoms. The molecule has 1 aromatic carbocycles. The topological polar surface area (TPSA) is 75.7 Å². The van der Waals surface area contributed by atoms with Gasteiger partial charge >= 0.3 is 6.09 Å². The van der Waals surface area contributed by atoms with Gasteiger partial charge in [0.1, 0.15) is 5.60 Å². The predicted octanol–water partition coefficient (Wildman–Crippen LogP) is 3.42. The summed E-state index contributed by atoms with van der Waals surface area (Å²) in [7, 11) is -3.61. The van der Waals surface area contributed by atoms with Crippen LogP contribution < -0.4 is 4.72 Å². The fourth-order valence-electron chi connectivity index (χ4n) is 2.50. The summed E-state index contributed by atoms with van der Waals surface area (Å²) in [5, 5.41) is 0.767. The molecule has 1 aliphatic rings. The number of ether oxygens (including phenoxy) is 1. The molecular weight excluding hydrogens is 387 g/mol. The van der Waals surface area contributed by atoms with Gasteiger partial charge in [-0.15, -0.1) is 0 Å². The Morgan fingerprint density at radius 1 is 1.36 bits per heavy atom. The normalized spacial score (nSPS) is 18.4. The molecule has 2 rings (SSSR count). The van der Waals surface area contributed by atoms with Gasteiger partial charge in [0.15, 0.2) is 0 Å². The van der Waals surface area contributed by atoms with E-state index in [1.54, 1.807) is 32.9 Å². The van der Waals surface area contributed by atoms with Crippen LogP contribution in [0.5, 0.6) is 0 Å². The first-order valence-corrected chi connectivity index (χ1v) is 10.3. The maximum Gasteiger partial charge on any atom is 0.410 e. The maximum absolute atomic E-state index is 12.4. The fraction of sp³-hybridized carbons (Fsp3) is 0.562. The quantitative estimate of drug-likeness (QED) is 0.827. The van der Waals surface area contributed by atoms with Crippen molar-refractivity contribution < 1.29 is 17.9 Å². The van der Waals surface area contributed by atoms with Crippen molar-refractivity contribution in [1.82, 2.24) is 9.62 Å². The lowest BCUT2D eigenvalue weighted by molar-refractivity contribution is 0.0292. The Balaban J connectivity index is 1.95. The summed E-state index contributed by atoms with van der Waals surface area (Å²) >= 11 is 11.9. The van der Waals surface area contributed by atoms with E-state index < -0.39 is 21.7 Å². The van der Waals surface area contributed by atoms with Crippen molar-refractivity contribution in [3.8, 4) is 0 Å². The van der Waals surface area contributed by atoms with Gasteiger partial charge in [-0.1, -0.05) is 23.2 Å². The van der Waals surface area contributed by atoms with E-state index in [4.69, 9.17) is 27.9 Å². The van der Waals surface area contributed by atoms with Crippen LogP contribution in [0.15, 0.2) is 18.2 Å². The molecule has 9 heteroatoms. The molecular formula is C16H22Cl2N2O4S. The number of hydrogen-bond donors (Lipinski definition) is 1. The summed E-state index contributed by atoms with van der Waals surface area (Å²) in [6.07, 6.45) is 0.0916. The van der Waals surface area contributed by atoms with Gasteiger partial charge in [-0.05, 0) is 51.0 Å². The summed E-state index contributed by atoms with van der Waals surface area (Å²) in [6.45, 7) is 6.08. The molecule has 0 bridgehead atoms. The average Bonchev–Trinajstić information content (AvgIpc) is 2.88. The molecule has 0 saturated carbocycles. The molecule has 1 fully saturated rings. The standard InChI is InChI=1S/C16H22Cl2N2O4S/c1-16(2,3)24-15(21)20-7-6-13(9-20)19-25(22,23)10-11-8-12(17)4-5-14(11)18/h4-5,8,13,19H,6-7,9-10H2,1-3H3/t13-/m0/s1. The fourth-order valence-corrected chi connectivity index (χ4v) is 4.39. The number of carbonyl (C=O) groups is 1. The van der Waals surface area contributed by atoms with Gasteiger partial charge in [-0.2, -0.15) is 0 Å². The third-order valence-corrected chi connectivity index (χ3v) is 5.53. The number of benzene rings is 1. The molecule has 0 aromatic heterocycles. The van der Waals surface area contributed by atoms with E-state index in [2.05, 4.69) is 4.72 Å². The third kappa shape index (κ3) is 6.33. The lowest BCUT2D eigenvalue weighted by Gasteiger charge is -2.24. The highest BCUT2D eigenvalue weighted by atomic mass is 35.5. The molecule has 1 aliphatic heterocycles. The van der Waals surface area contributed by atoms with Gasteiger partial charge in [0.25, 0.3) is 0 Å². The number of hydrogen-bond acceptors (Lipinski definition) is 4. The van der Waals surface area contributed by atoms with E-state index in [9.17, 15) is 13.2 Å². The first-order chi connectivity index (χ1) is 11.5. The van der Waals surface area contributed by atoms with Crippen LogP contribution in [-0.4, -0.2) is 44.1 Å². The van der Waals surface area contributed by atoms with Crippen LogP contribution in [0.25, 0.3) is 0 Å². The summed E-state index contributed by atoms with van der Waals surface area (Å²) in [6, 6.07) is 4.35. The molecule has 1 N–H and O–H groups in total. The van der Waals surface area contributed by atoms with Gasteiger partial charge in [0.2, 0.25) is 10.0 Å². The van der Waals surface area contributed by atoms with Crippen molar-refractivity contribution in [3.05, 3.63) is 33.8 Å². The maximum atomic E-state index is 12.4. The van der Waals surface area contributed by atoms with E-state index in [0.717, 1.165) is 0 Å². The van der Waals surface area contributed by atoms with Crippen molar-refractivity contribution in [2.24, 2.45) is 0 Å². The van der Waals surface area contributed by atoms with Crippen LogP contribution in [0.4, 0.5) is 4.79 Å². The Labute approximate surface area is 158 Å². The molecule has 6 nitrogen and oxygen atoms in total. The average molecular weight is 409 g/mol. The van der Waals surface area contributed by atoms with Crippen molar-refractivity contribution >= 4 is 39.3 Å². The number of carbonyl (C=O) groups excluding carboxylic acids is 1. The lowest BCUT2D eigenvalue weighted by atomic mass is 10.2. The number of amides is 1. The number of nitrogens with one attached hydrogen (secondary N) is 1. The summed E-state index contributed by atoms with van der Waals surface area (Å²) in [5.74, 6) is -0.269. The minimum atomic E-state index is -3.61. The Hall–Kier alpha value is -1.02. The van der Waals surface area contributed by atoms with Gasteiger partial charge in [-0.3, -0.25) is 0 Å². The zero-order valence-electron chi connectivity index (χ0n) is 14.4. The minimum absolute atomic E-state index is 0.269. The van der Waals surface area contributed by atoms with Crippen molar-refractivity contribution in [1.29, 1.82) is 0 Å². The van der Waals surface area contributed by atoms with E-state index in [-0.39, 0.29) is 18.3 Å². The van der Waals surface area contributed by atoms with Crippen LogP contribution in [0.2, 0.25) is 10.0 Å². The zero-order chi connectivity index (χ0) is 18.8. The van der Waals surface area contributed by atoms with Crippen molar-refractivity contribution in [2.45, 2.75) is 44.6 Å². The highest BCUT2D eigenvalue weighted by Gasteiger charge is 2.32. The molecule has 0 aliphatic carbocycles. The number of sulfonamides is 1. The molecule has 0 unspecified atom stereocenters. The van der Waals surface area contributed by atoms with E-state index in [1.807, 2.05) is 0 Å². The molecule has 1 aromatic rings. The third-order valence-electron chi connectivity index (χ3n) is 3.54. The summed E-state index contributed by atoms with van der Waals surface area (Å²) in [4.78, 5) is 13.5. The van der Waals surface area contributed by atoms with Crippen molar-refractivity contribution in [2.75, 3.05) is 13.1 Å². The van der Waals surface area contributed by atoms with E-state index in [1.165, 1.54) is 11.0 Å². The minimum Gasteiger partial charge on any atom is -0.444 e. The molecule has 140 valence electrons. The van der Waals surface area contributed by atoms with Crippen LogP contribution in [-0.2, 0) is 20.5 Å². The van der Waals surface area contributed by atoms with Crippen molar-refractivity contribution in [3.63, 3.8) is 0 Å². The molecule has 1 heterocycles. The van der Waals surface area contributed by atoms with Crippen LogP contribution >= 0.6 is 23.2 Å². The Morgan fingerprint density at radius 2 is 2.04 bits per heavy atom. The number of rotatable bonds is 4.